The molecular formula is C51H26B8O. The van der Waals surface area contributed by atoms with Crippen LogP contribution in [0, 0.1) is 0 Å². The summed E-state index contributed by atoms with van der Waals surface area (Å²) in [5, 5.41) is 6.05. The van der Waals surface area contributed by atoms with Crippen LogP contribution in [-0.4, -0.2) is 62.8 Å². The van der Waals surface area contributed by atoms with Crippen molar-refractivity contribution in [3.63, 3.8) is 0 Å². The first-order valence-electron chi connectivity index (χ1n) is 19.8. The Kier molecular flexibility index (Phi) is 8.06. The molecule has 0 N–H and O–H groups in total. The highest BCUT2D eigenvalue weighted by molar-refractivity contribution is 6.71. The zero-order valence-corrected chi connectivity index (χ0v) is 33.1. The highest BCUT2D eigenvalue weighted by atomic mass is 16.3. The Hall–Kier alpha value is -5.92. The van der Waals surface area contributed by atoms with Gasteiger partial charge in [0, 0.05) is 21.6 Å². The normalized spacial score (nSPS) is 13.2. The fraction of sp³-hybridized carbons (Fsp3) is 0.0588. The lowest BCUT2D eigenvalue weighted by molar-refractivity contribution is 0.662. The molecule has 0 spiro atoms. The lowest BCUT2D eigenvalue weighted by Crippen LogP contribution is -2.50. The zero-order valence-electron chi connectivity index (χ0n) is 33.1. The van der Waals surface area contributed by atoms with Crippen LogP contribution < -0.4 is 43.7 Å². The van der Waals surface area contributed by atoms with Gasteiger partial charge in [0.05, 0.1) is 0 Å². The average molecular weight is 741 g/mol. The van der Waals surface area contributed by atoms with Gasteiger partial charge in [-0.25, -0.2) is 0 Å². The summed E-state index contributed by atoms with van der Waals surface area (Å²) in [4.78, 5) is 0. The Morgan fingerprint density at radius 3 is 1.57 bits per heavy atom. The molecule has 1 aromatic heterocycles. The van der Waals surface area contributed by atoms with Crippen LogP contribution >= 0.6 is 0 Å². The van der Waals surface area contributed by atoms with Gasteiger partial charge in [-0.2, -0.15) is 0 Å². The van der Waals surface area contributed by atoms with Crippen molar-refractivity contribution < 1.29 is 4.42 Å². The SMILES string of the molecule is [B]c1c([B])c([B])c2c(-c3cccc4oc5c6ccccc6ccc5c34)c3c([B])c([B])c([B])c([B])c3c(-c3ccc(-c4cccc5c4C(C)(C)c4ccccc4-5)cc3)c2c1[B]. The molecule has 0 saturated heterocycles. The van der Waals surface area contributed by atoms with Gasteiger partial charge >= 0.3 is 0 Å². The highest BCUT2D eigenvalue weighted by Gasteiger charge is 2.37. The Balaban J connectivity index is 1.25. The minimum absolute atomic E-state index is 0.161. The molecule has 0 atom stereocenters. The molecule has 10 aromatic rings. The summed E-state index contributed by atoms with van der Waals surface area (Å²) >= 11 is 0. The minimum Gasteiger partial charge on any atom is -0.455 e. The van der Waals surface area contributed by atoms with Crippen LogP contribution in [0.1, 0.15) is 25.0 Å². The second-order valence-corrected chi connectivity index (χ2v) is 16.5. The van der Waals surface area contributed by atoms with E-state index in [4.69, 9.17) is 67.2 Å². The second-order valence-electron chi connectivity index (χ2n) is 16.5. The van der Waals surface area contributed by atoms with Gasteiger partial charge in [-0.15, -0.1) is 21.9 Å². The molecule has 0 amide bonds. The van der Waals surface area contributed by atoms with Crippen LogP contribution in [0.15, 0.2) is 126 Å². The van der Waals surface area contributed by atoms with E-state index < -0.39 is 0 Å². The standard InChI is InChI=1S/C51H26B8O/c1-51(2)32-15-6-5-11-28(32)29-13-7-12-26(41(29)51)24-17-19-25(20-18-24)34-37-39(44(54)48(58)46(56)42(37)52)36(40-38(34)43(53)47(57)49(59)45(40)55)30-14-8-16-33-35(30)31-22-21-23-9-3-4-10-27(23)50(31)60-33/h3-22H,1-2H3. The van der Waals surface area contributed by atoms with Crippen molar-refractivity contribution in [1.29, 1.82) is 0 Å². The third-order valence-electron chi connectivity index (χ3n) is 13.0. The molecule has 60 heavy (non-hydrogen) atoms. The van der Waals surface area contributed by atoms with Gasteiger partial charge in [0.15, 0.2) is 0 Å². The van der Waals surface area contributed by atoms with Crippen molar-refractivity contribution in [3.8, 4) is 44.5 Å². The van der Waals surface area contributed by atoms with Crippen molar-refractivity contribution in [3.05, 3.63) is 132 Å². The molecule has 1 aliphatic carbocycles. The lowest BCUT2D eigenvalue weighted by Gasteiger charge is -2.29. The fourth-order valence-electron chi connectivity index (χ4n) is 10.2. The smallest absolute Gasteiger partial charge is 0.143 e. The van der Waals surface area contributed by atoms with Crippen LogP contribution in [-0.2, 0) is 5.41 Å². The third-order valence-corrected chi connectivity index (χ3v) is 13.0. The number of hydrogen-bond acceptors (Lipinski definition) is 1. The molecule has 0 saturated carbocycles. The van der Waals surface area contributed by atoms with Gasteiger partial charge < -0.3 is 4.42 Å². The number of hydrogen-bond donors (Lipinski definition) is 0. The summed E-state index contributed by atoms with van der Waals surface area (Å²) in [6.45, 7) is 4.58. The predicted molar refractivity (Wildman–Crippen MR) is 263 cm³/mol. The van der Waals surface area contributed by atoms with E-state index >= 15 is 0 Å². The maximum atomic E-state index is 7.13. The Morgan fingerprint density at radius 2 is 0.900 bits per heavy atom. The molecule has 1 nitrogen and oxygen atoms in total. The van der Waals surface area contributed by atoms with Gasteiger partial charge in [0.2, 0.25) is 0 Å². The van der Waals surface area contributed by atoms with Crippen LogP contribution in [0.3, 0.4) is 0 Å². The van der Waals surface area contributed by atoms with Gasteiger partial charge in [-0.3, -0.25) is 0 Å². The van der Waals surface area contributed by atoms with E-state index in [-0.39, 0.29) is 49.1 Å². The molecule has 0 bridgehead atoms. The van der Waals surface area contributed by atoms with E-state index in [1.165, 1.54) is 22.3 Å². The number of furan rings is 1. The first kappa shape index (κ1) is 37.1. The summed E-state index contributed by atoms with van der Waals surface area (Å²) in [5.41, 5.74) is 13.0. The minimum atomic E-state index is -0.202. The highest BCUT2D eigenvalue weighted by Crippen LogP contribution is 2.52. The predicted octanol–water partition coefficient (Wildman–Crippen LogP) is 4.70. The van der Waals surface area contributed by atoms with Crippen LogP contribution in [0.4, 0.5) is 0 Å². The van der Waals surface area contributed by atoms with Gasteiger partial charge in [-0.1, -0.05) is 145 Å². The third kappa shape index (κ3) is 4.87. The maximum Gasteiger partial charge on any atom is 0.143 e. The molecule has 9 aromatic carbocycles. The quantitative estimate of drug-likeness (QED) is 0.189. The van der Waals surface area contributed by atoms with Crippen molar-refractivity contribution in [2.75, 3.05) is 0 Å². The molecule has 260 valence electrons. The summed E-state index contributed by atoms with van der Waals surface area (Å²) in [7, 11) is 55.4. The topological polar surface area (TPSA) is 13.1 Å². The molecule has 11 rings (SSSR count). The van der Waals surface area contributed by atoms with Crippen molar-refractivity contribution in [2.45, 2.75) is 19.3 Å². The molecule has 1 heterocycles. The van der Waals surface area contributed by atoms with E-state index in [2.05, 4.69) is 105 Å². The van der Waals surface area contributed by atoms with Gasteiger partial charge in [-0.05, 0) is 94.7 Å². The van der Waals surface area contributed by atoms with E-state index in [0.717, 1.165) is 49.4 Å². The number of fused-ring (bicyclic) bond motifs is 10. The van der Waals surface area contributed by atoms with Crippen LogP contribution in [0.5, 0.6) is 0 Å². The summed E-state index contributed by atoms with van der Waals surface area (Å²) in [6, 6.07) is 41.7. The monoisotopic (exact) mass is 742 g/mol. The maximum absolute atomic E-state index is 7.13. The van der Waals surface area contributed by atoms with Crippen LogP contribution in [0.2, 0.25) is 0 Å². The first-order valence-corrected chi connectivity index (χ1v) is 19.8. The summed E-state index contributed by atoms with van der Waals surface area (Å²) < 4.78 is 6.64. The van der Waals surface area contributed by atoms with E-state index in [0.29, 0.717) is 38.3 Å². The summed E-state index contributed by atoms with van der Waals surface area (Å²) in [5.74, 6) is 0. The van der Waals surface area contributed by atoms with Gasteiger partial charge in [0.25, 0.3) is 0 Å². The Morgan fingerprint density at radius 1 is 0.383 bits per heavy atom. The molecule has 0 aliphatic heterocycles. The fourth-order valence-corrected chi connectivity index (χ4v) is 10.2. The lowest BCUT2D eigenvalue weighted by atomic mass is 9.59. The Bertz CT molecular complexity index is 3470. The second kappa shape index (κ2) is 13.0. The van der Waals surface area contributed by atoms with Crippen LogP contribution in [0.25, 0.3) is 98.8 Å². The molecular weight excluding hydrogens is 715 g/mol. The zero-order chi connectivity index (χ0) is 41.5. The van der Waals surface area contributed by atoms with E-state index in [1.807, 2.05) is 30.3 Å². The number of benzene rings is 9. The molecule has 9 heteroatoms. The van der Waals surface area contributed by atoms with Crippen molar-refractivity contribution in [1.82, 2.24) is 0 Å². The van der Waals surface area contributed by atoms with E-state index in [1.54, 1.807) is 0 Å². The van der Waals surface area contributed by atoms with Crippen molar-refractivity contribution >= 4 is 161 Å². The molecule has 0 unspecified atom stereocenters. The molecule has 16 radical (unpaired) electrons. The average Bonchev–Trinajstić information content (AvgIpc) is 3.78. The largest absolute Gasteiger partial charge is 0.455 e. The summed E-state index contributed by atoms with van der Waals surface area (Å²) in [6.07, 6.45) is 0. The van der Waals surface area contributed by atoms with Crippen molar-refractivity contribution in [2.24, 2.45) is 0 Å². The number of rotatable bonds is 3. The first-order chi connectivity index (χ1) is 28.9. The van der Waals surface area contributed by atoms with Gasteiger partial charge in [0.1, 0.15) is 73.9 Å². The molecule has 0 fully saturated rings. The molecule has 1 aliphatic rings. The van der Waals surface area contributed by atoms with E-state index in [9.17, 15) is 0 Å². The Labute approximate surface area is 359 Å².